The fourth-order valence-corrected chi connectivity index (χ4v) is 2.22. The zero-order chi connectivity index (χ0) is 14.7. The van der Waals surface area contributed by atoms with E-state index in [0.717, 1.165) is 16.5 Å². The van der Waals surface area contributed by atoms with Crippen molar-refractivity contribution in [1.82, 2.24) is 10.2 Å². The van der Waals surface area contributed by atoms with Gasteiger partial charge in [0, 0.05) is 10.9 Å². The van der Waals surface area contributed by atoms with Gasteiger partial charge in [-0.15, -0.1) is 0 Å². The summed E-state index contributed by atoms with van der Waals surface area (Å²) >= 11 is 0. The number of nitrogens with zero attached hydrogens (tertiary/aromatic N) is 1. The second-order valence-corrected chi connectivity index (χ2v) is 4.55. The first-order valence-corrected chi connectivity index (χ1v) is 6.41. The lowest BCUT2D eigenvalue weighted by atomic mass is 10.0. The second-order valence-electron chi connectivity index (χ2n) is 4.55. The third-order valence-electron chi connectivity index (χ3n) is 3.24. The Balaban J connectivity index is 2.06. The molecular weight excluding hydrogens is 268 g/mol. The van der Waals surface area contributed by atoms with Crippen molar-refractivity contribution in [3.05, 3.63) is 64.4 Å². The number of nitrogens with one attached hydrogen (secondary N) is 1. The van der Waals surface area contributed by atoms with E-state index < -0.39 is 0 Å². The molecule has 2 aromatic carbocycles. The molecule has 21 heavy (non-hydrogen) atoms. The highest BCUT2D eigenvalue weighted by atomic mass is 16.5. The molecule has 0 aliphatic rings. The van der Waals surface area contributed by atoms with Crippen molar-refractivity contribution in [2.75, 3.05) is 0 Å². The lowest BCUT2D eigenvalue weighted by Gasteiger charge is -2.06. The molecule has 0 saturated heterocycles. The van der Waals surface area contributed by atoms with Crippen LogP contribution in [0.25, 0.3) is 22.0 Å². The standard InChI is InChI=1S/C16H12N2O3/c19-10-21-9-11-5-7-12(8-6-11)15-13-3-1-2-4-14(13)16(20)18-17-15/h1-8,10H,9H2,(H,18,20). The summed E-state index contributed by atoms with van der Waals surface area (Å²) in [5.41, 5.74) is 2.29. The molecule has 3 rings (SSSR count). The van der Waals surface area contributed by atoms with Gasteiger partial charge in [-0.25, -0.2) is 5.10 Å². The Hall–Kier alpha value is -2.95. The fourth-order valence-electron chi connectivity index (χ4n) is 2.22. The topological polar surface area (TPSA) is 72.0 Å². The summed E-state index contributed by atoms with van der Waals surface area (Å²) in [6.07, 6.45) is 0. The minimum atomic E-state index is -0.203. The van der Waals surface area contributed by atoms with E-state index in [1.54, 1.807) is 6.07 Å². The number of rotatable bonds is 4. The zero-order valence-electron chi connectivity index (χ0n) is 11.1. The van der Waals surface area contributed by atoms with Crippen molar-refractivity contribution in [2.24, 2.45) is 0 Å². The first-order chi connectivity index (χ1) is 10.3. The maximum absolute atomic E-state index is 11.8. The van der Waals surface area contributed by atoms with Gasteiger partial charge in [0.1, 0.15) is 6.61 Å². The van der Waals surface area contributed by atoms with Crippen LogP contribution in [0.15, 0.2) is 53.3 Å². The lowest BCUT2D eigenvalue weighted by Crippen LogP contribution is -2.09. The minimum absolute atomic E-state index is 0.203. The van der Waals surface area contributed by atoms with E-state index in [2.05, 4.69) is 10.2 Å². The van der Waals surface area contributed by atoms with Gasteiger partial charge >= 0.3 is 0 Å². The van der Waals surface area contributed by atoms with Crippen LogP contribution in [0.2, 0.25) is 0 Å². The Kier molecular flexibility index (Phi) is 3.47. The average Bonchev–Trinajstić information content (AvgIpc) is 2.54. The number of H-pyrrole nitrogens is 1. The Labute approximate surface area is 120 Å². The van der Waals surface area contributed by atoms with E-state index in [9.17, 15) is 9.59 Å². The molecule has 5 heteroatoms. The molecule has 3 aromatic rings. The van der Waals surface area contributed by atoms with Gasteiger partial charge in [0.2, 0.25) is 0 Å². The summed E-state index contributed by atoms with van der Waals surface area (Å²) in [6.45, 7) is 0.661. The largest absolute Gasteiger partial charge is 0.463 e. The maximum atomic E-state index is 11.8. The number of benzene rings is 2. The molecule has 0 bridgehead atoms. The van der Waals surface area contributed by atoms with Crippen molar-refractivity contribution >= 4 is 17.2 Å². The number of aromatic amines is 1. The van der Waals surface area contributed by atoms with Crippen molar-refractivity contribution in [3.63, 3.8) is 0 Å². The zero-order valence-corrected chi connectivity index (χ0v) is 11.1. The van der Waals surface area contributed by atoms with E-state index >= 15 is 0 Å². The quantitative estimate of drug-likeness (QED) is 0.744. The smallest absolute Gasteiger partial charge is 0.293 e. The third kappa shape index (κ3) is 2.53. The van der Waals surface area contributed by atoms with Gasteiger partial charge < -0.3 is 4.74 Å². The van der Waals surface area contributed by atoms with Crippen LogP contribution < -0.4 is 5.56 Å². The van der Waals surface area contributed by atoms with Gasteiger partial charge in [0.05, 0.1) is 11.1 Å². The molecule has 0 spiro atoms. The number of carbonyl (C=O) groups excluding carboxylic acids is 1. The third-order valence-corrected chi connectivity index (χ3v) is 3.24. The van der Waals surface area contributed by atoms with Crippen LogP contribution in [0.5, 0.6) is 0 Å². The van der Waals surface area contributed by atoms with E-state index in [1.807, 2.05) is 42.5 Å². The first kappa shape index (κ1) is 13.1. The van der Waals surface area contributed by atoms with Crippen LogP contribution in [0.1, 0.15) is 5.56 Å². The van der Waals surface area contributed by atoms with Crippen LogP contribution in [0.3, 0.4) is 0 Å². The molecule has 0 aliphatic heterocycles. The number of carbonyl (C=O) groups is 1. The monoisotopic (exact) mass is 280 g/mol. The highest BCUT2D eigenvalue weighted by Gasteiger charge is 2.08. The molecule has 0 fully saturated rings. The molecule has 1 N–H and O–H groups in total. The van der Waals surface area contributed by atoms with Crippen LogP contribution in [-0.4, -0.2) is 16.7 Å². The minimum Gasteiger partial charge on any atom is -0.463 e. The summed E-state index contributed by atoms with van der Waals surface area (Å²) in [6, 6.07) is 14.8. The highest BCUT2D eigenvalue weighted by molar-refractivity contribution is 5.93. The van der Waals surface area contributed by atoms with Gasteiger partial charge in [0.15, 0.2) is 0 Å². The van der Waals surface area contributed by atoms with Crippen molar-refractivity contribution in [3.8, 4) is 11.3 Å². The molecule has 0 saturated carbocycles. The van der Waals surface area contributed by atoms with Crippen molar-refractivity contribution in [2.45, 2.75) is 6.61 Å². The van der Waals surface area contributed by atoms with Crippen LogP contribution in [-0.2, 0) is 16.1 Å². The Morgan fingerprint density at radius 2 is 1.76 bits per heavy atom. The number of ether oxygens (including phenoxy) is 1. The number of hydrogen-bond donors (Lipinski definition) is 1. The molecule has 0 atom stereocenters. The predicted molar refractivity (Wildman–Crippen MR) is 78.7 cm³/mol. The molecule has 0 unspecified atom stereocenters. The highest BCUT2D eigenvalue weighted by Crippen LogP contribution is 2.24. The molecule has 5 nitrogen and oxygen atoms in total. The first-order valence-electron chi connectivity index (χ1n) is 6.41. The maximum Gasteiger partial charge on any atom is 0.293 e. The van der Waals surface area contributed by atoms with E-state index in [-0.39, 0.29) is 12.2 Å². The molecule has 1 heterocycles. The molecular formula is C16H12N2O3. The number of fused-ring (bicyclic) bond motifs is 1. The number of aromatic nitrogens is 2. The van der Waals surface area contributed by atoms with Gasteiger partial charge in [-0.3, -0.25) is 9.59 Å². The van der Waals surface area contributed by atoms with E-state index in [0.29, 0.717) is 17.6 Å². The molecule has 1 aromatic heterocycles. The molecule has 0 radical (unpaired) electrons. The van der Waals surface area contributed by atoms with Crippen LogP contribution in [0.4, 0.5) is 0 Å². The predicted octanol–water partition coefficient (Wildman–Crippen LogP) is 2.26. The van der Waals surface area contributed by atoms with E-state index in [1.165, 1.54) is 0 Å². The summed E-state index contributed by atoms with van der Waals surface area (Å²) in [7, 11) is 0. The van der Waals surface area contributed by atoms with Gasteiger partial charge in [-0.05, 0) is 11.6 Å². The average molecular weight is 280 g/mol. The lowest BCUT2D eigenvalue weighted by molar-refractivity contribution is -0.129. The van der Waals surface area contributed by atoms with Crippen molar-refractivity contribution in [1.29, 1.82) is 0 Å². The fraction of sp³-hybridized carbons (Fsp3) is 0.0625. The summed E-state index contributed by atoms with van der Waals surface area (Å²) < 4.78 is 4.71. The Morgan fingerprint density at radius 3 is 2.48 bits per heavy atom. The van der Waals surface area contributed by atoms with Crippen molar-refractivity contribution < 1.29 is 9.53 Å². The van der Waals surface area contributed by atoms with Crippen LogP contribution in [0, 0.1) is 0 Å². The van der Waals surface area contributed by atoms with Crippen LogP contribution >= 0.6 is 0 Å². The van der Waals surface area contributed by atoms with Gasteiger partial charge in [-0.1, -0.05) is 42.5 Å². The SMILES string of the molecule is O=COCc1ccc(-c2n[nH]c(=O)c3ccccc23)cc1. The summed E-state index contributed by atoms with van der Waals surface area (Å²) in [5, 5.41) is 8.07. The van der Waals surface area contributed by atoms with E-state index in [4.69, 9.17) is 4.74 Å². The van der Waals surface area contributed by atoms with Gasteiger partial charge in [-0.2, -0.15) is 5.10 Å². The number of hydrogen-bond acceptors (Lipinski definition) is 4. The second kappa shape index (κ2) is 5.58. The summed E-state index contributed by atoms with van der Waals surface area (Å²) in [4.78, 5) is 21.9. The Morgan fingerprint density at radius 1 is 1.05 bits per heavy atom. The Bertz CT molecular complexity index is 838. The normalized spacial score (nSPS) is 10.5. The van der Waals surface area contributed by atoms with Gasteiger partial charge in [0.25, 0.3) is 12.0 Å². The molecule has 104 valence electrons. The summed E-state index contributed by atoms with van der Waals surface area (Å²) in [5.74, 6) is 0. The molecule has 0 aliphatic carbocycles. The molecule has 0 amide bonds.